The lowest BCUT2D eigenvalue weighted by Crippen LogP contribution is -2.49. The van der Waals surface area contributed by atoms with E-state index < -0.39 is 29.2 Å². The Labute approximate surface area is 126 Å². The number of aliphatic carboxylic acids is 2. The molecule has 0 radical (unpaired) electrons. The molecule has 7 nitrogen and oxygen atoms in total. The second-order valence-electron chi connectivity index (χ2n) is 5.78. The Morgan fingerprint density at radius 2 is 1.86 bits per heavy atom. The normalized spacial score (nSPS) is 29.8. The number of carbonyl (C=O) groups is 2. The molecule has 0 spiro atoms. The van der Waals surface area contributed by atoms with Gasteiger partial charge in [-0.2, -0.15) is 0 Å². The Hall–Kier alpha value is -2.44. The van der Waals surface area contributed by atoms with Crippen molar-refractivity contribution in [3.8, 4) is 0 Å². The first-order chi connectivity index (χ1) is 10.2. The molecule has 0 fully saturated rings. The van der Waals surface area contributed by atoms with Crippen molar-refractivity contribution >= 4 is 11.9 Å². The van der Waals surface area contributed by atoms with Gasteiger partial charge in [0.2, 0.25) is 0 Å². The van der Waals surface area contributed by atoms with Gasteiger partial charge in [0.1, 0.15) is 11.5 Å². The molecule has 0 aromatic heterocycles. The largest absolute Gasteiger partial charge is 0.513 e. The Kier molecular flexibility index (Phi) is 3.91. The number of aliphatic hydroxyl groups excluding tert-OH is 3. The molecule has 2 aliphatic carbocycles. The molecule has 2 aliphatic rings. The molecule has 0 amide bonds. The topological polar surface area (TPSA) is 135 Å². The summed E-state index contributed by atoms with van der Waals surface area (Å²) in [7, 11) is 0. The van der Waals surface area contributed by atoms with E-state index in [1.807, 2.05) is 0 Å². The van der Waals surface area contributed by atoms with Crippen molar-refractivity contribution in [3.05, 3.63) is 35.0 Å². The summed E-state index contributed by atoms with van der Waals surface area (Å²) in [6.07, 6.45) is 2.05. The van der Waals surface area contributed by atoms with Crippen LogP contribution in [-0.2, 0) is 9.59 Å². The molecule has 3 atom stereocenters. The maximum absolute atomic E-state index is 11.9. The number of carboxylic acids is 2. The van der Waals surface area contributed by atoms with Crippen LogP contribution in [0.2, 0.25) is 0 Å². The summed E-state index contributed by atoms with van der Waals surface area (Å²) < 4.78 is 0. The van der Waals surface area contributed by atoms with Crippen molar-refractivity contribution in [1.82, 2.24) is 0 Å². The molecular formula is C15H18O7. The van der Waals surface area contributed by atoms with Gasteiger partial charge in [-0.3, -0.25) is 9.59 Å². The summed E-state index contributed by atoms with van der Waals surface area (Å²) in [6, 6.07) is 0. The van der Waals surface area contributed by atoms with E-state index in [4.69, 9.17) is 0 Å². The van der Waals surface area contributed by atoms with Crippen molar-refractivity contribution in [2.24, 2.45) is 17.3 Å². The van der Waals surface area contributed by atoms with E-state index in [1.165, 1.54) is 19.1 Å². The van der Waals surface area contributed by atoms with Crippen LogP contribution in [0.4, 0.5) is 0 Å². The fourth-order valence-corrected chi connectivity index (χ4v) is 3.35. The molecule has 0 aromatic carbocycles. The molecule has 0 saturated heterocycles. The van der Waals surface area contributed by atoms with E-state index in [9.17, 15) is 35.1 Å². The molecule has 5 N–H and O–H groups in total. The van der Waals surface area contributed by atoms with Crippen LogP contribution in [0.25, 0.3) is 0 Å². The van der Waals surface area contributed by atoms with Gasteiger partial charge in [-0.15, -0.1) is 0 Å². The van der Waals surface area contributed by atoms with E-state index in [-0.39, 0.29) is 42.1 Å². The molecule has 0 bridgehead atoms. The van der Waals surface area contributed by atoms with Gasteiger partial charge in [0.15, 0.2) is 0 Å². The van der Waals surface area contributed by atoms with E-state index in [0.29, 0.717) is 0 Å². The van der Waals surface area contributed by atoms with Gasteiger partial charge in [0, 0.05) is 12.3 Å². The van der Waals surface area contributed by atoms with Crippen molar-refractivity contribution in [2.45, 2.75) is 26.2 Å². The number of carboxylic acid groups (broad SMARTS) is 2. The maximum atomic E-state index is 11.9. The van der Waals surface area contributed by atoms with Gasteiger partial charge in [-0.1, -0.05) is 6.92 Å². The van der Waals surface area contributed by atoms with Gasteiger partial charge in [-0.05, 0) is 24.1 Å². The van der Waals surface area contributed by atoms with Crippen molar-refractivity contribution in [1.29, 1.82) is 0 Å². The van der Waals surface area contributed by atoms with Crippen molar-refractivity contribution < 1.29 is 35.1 Å². The molecule has 2 unspecified atom stereocenters. The van der Waals surface area contributed by atoms with Gasteiger partial charge in [-0.25, -0.2) is 0 Å². The SMILES string of the molecule is C[C@H](C1=C(O)CC(O)=C1)C1(C(=O)O)CC=C(O)CC1C(=O)O. The Bertz CT molecular complexity index is 613. The van der Waals surface area contributed by atoms with Crippen LogP contribution in [0.5, 0.6) is 0 Å². The summed E-state index contributed by atoms with van der Waals surface area (Å²) >= 11 is 0. The summed E-state index contributed by atoms with van der Waals surface area (Å²) in [4.78, 5) is 23.5. The lowest BCUT2D eigenvalue weighted by molar-refractivity contribution is -0.167. The van der Waals surface area contributed by atoms with E-state index in [0.717, 1.165) is 0 Å². The third-order valence-corrected chi connectivity index (χ3v) is 4.65. The predicted molar refractivity (Wildman–Crippen MR) is 75.3 cm³/mol. The predicted octanol–water partition coefficient (Wildman–Crippen LogP) is 2.29. The minimum atomic E-state index is -1.71. The quantitative estimate of drug-likeness (QED) is 0.537. The molecule has 0 saturated carbocycles. The fraction of sp³-hybridized carbons (Fsp3) is 0.467. The van der Waals surface area contributed by atoms with E-state index in [2.05, 4.69) is 0 Å². The van der Waals surface area contributed by atoms with Gasteiger partial charge in [0.25, 0.3) is 0 Å². The number of hydrogen-bond donors (Lipinski definition) is 5. The van der Waals surface area contributed by atoms with Gasteiger partial charge in [0.05, 0.1) is 23.5 Å². The number of aliphatic hydroxyl groups is 3. The first kappa shape index (κ1) is 15.9. The highest BCUT2D eigenvalue weighted by Crippen LogP contribution is 2.50. The zero-order chi connectivity index (χ0) is 16.7. The standard InChI is InChI=1S/C15H18O7/c1-7(10-4-9(17)6-12(10)18)15(14(21)22)3-2-8(16)5-11(15)13(19)20/h2,4,7,11,16-18H,3,5-6H2,1H3,(H,19,20)(H,21,22)/t7-,11?,15?/m1/s1. The number of hydrogen-bond acceptors (Lipinski definition) is 5. The molecular weight excluding hydrogens is 292 g/mol. The minimum absolute atomic E-state index is 0.0891. The van der Waals surface area contributed by atoms with Crippen LogP contribution in [0.1, 0.15) is 26.2 Å². The van der Waals surface area contributed by atoms with Crippen LogP contribution < -0.4 is 0 Å². The van der Waals surface area contributed by atoms with Crippen molar-refractivity contribution in [2.75, 3.05) is 0 Å². The average molecular weight is 310 g/mol. The molecule has 0 aliphatic heterocycles. The first-order valence-corrected chi connectivity index (χ1v) is 6.86. The molecule has 22 heavy (non-hydrogen) atoms. The van der Waals surface area contributed by atoms with Crippen LogP contribution in [0.3, 0.4) is 0 Å². The first-order valence-electron chi connectivity index (χ1n) is 6.86. The molecule has 0 heterocycles. The Balaban J connectivity index is 2.55. The van der Waals surface area contributed by atoms with E-state index in [1.54, 1.807) is 0 Å². The fourth-order valence-electron chi connectivity index (χ4n) is 3.35. The summed E-state index contributed by atoms with van der Waals surface area (Å²) in [5.74, 6) is -5.22. The van der Waals surface area contributed by atoms with Crippen LogP contribution in [0, 0.1) is 17.3 Å². The van der Waals surface area contributed by atoms with Crippen LogP contribution in [-0.4, -0.2) is 37.5 Å². The van der Waals surface area contributed by atoms with Crippen LogP contribution >= 0.6 is 0 Å². The Morgan fingerprint density at radius 3 is 2.32 bits per heavy atom. The second-order valence-corrected chi connectivity index (χ2v) is 5.78. The highest BCUT2D eigenvalue weighted by molar-refractivity contribution is 5.85. The highest BCUT2D eigenvalue weighted by Gasteiger charge is 2.56. The third-order valence-electron chi connectivity index (χ3n) is 4.65. The van der Waals surface area contributed by atoms with E-state index >= 15 is 0 Å². The van der Waals surface area contributed by atoms with Gasteiger partial charge < -0.3 is 25.5 Å². The zero-order valence-electron chi connectivity index (χ0n) is 12.0. The third kappa shape index (κ3) is 2.32. The summed E-state index contributed by atoms with van der Waals surface area (Å²) in [5, 5.41) is 48.1. The Morgan fingerprint density at radius 1 is 1.23 bits per heavy atom. The van der Waals surface area contributed by atoms with Crippen molar-refractivity contribution in [3.63, 3.8) is 0 Å². The highest BCUT2D eigenvalue weighted by atomic mass is 16.4. The number of allylic oxidation sites excluding steroid dienone is 4. The smallest absolute Gasteiger partial charge is 0.311 e. The second kappa shape index (κ2) is 5.40. The zero-order valence-corrected chi connectivity index (χ0v) is 12.0. The van der Waals surface area contributed by atoms with Crippen LogP contribution in [0.15, 0.2) is 35.0 Å². The molecule has 7 heteroatoms. The minimum Gasteiger partial charge on any atom is -0.513 e. The lowest BCUT2D eigenvalue weighted by Gasteiger charge is -2.41. The summed E-state index contributed by atoms with van der Waals surface area (Å²) in [6.45, 7) is 1.51. The lowest BCUT2D eigenvalue weighted by atomic mass is 9.59. The monoisotopic (exact) mass is 310 g/mol. The summed E-state index contributed by atoms with van der Waals surface area (Å²) in [5.41, 5.74) is -1.48. The molecule has 2 rings (SSSR count). The van der Waals surface area contributed by atoms with Gasteiger partial charge >= 0.3 is 11.9 Å². The molecule has 0 aromatic rings. The molecule has 120 valence electrons. The maximum Gasteiger partial charge on any atom is 0.311 e. The average Bonchev–Trinajstić information content (AvgIpc) is 2.76. The number of rotatable bonds is 4.